The molecular weight excluding hydrogens is 302 g/mol. The fourth-order valence-electron chi connectivity index (χ4n) is 3.96. The monoisotopic (exact) mass is 325 g/mol. The van der Waals surface area contributed by atoms with Gasteiger partial charge in [-0.1, -0.05) is 6.42 Å². The van der Waals surface area contributed by atoms with Crippen molar-refractivity contribution in [2.45, 2.75) is 57.5 Å². The van der Waals surface area contributed by atoms with Crippen molar-refractivity contribution in [2.75, 3.05) is 11.4 Å². The van der Waals surface area contributed by atoms with Crippen LogP contribution < -0.4 is 10.5 Å². The molecule has 1 fully saturated rings. The molecule has 1 atom stereocenters. The molecule has 6 heteroatoms. The minimum Gasteiger partial charge on any atom is -0.351 e. The highest BCUT2D eigenvalue weighted by Crippen LogP contribution is 2.31. The van der Waals surface area contributed by atoms with Crippen molar-refractivity contribution < 1.29 is 0 Å². The fraction of sp³-hybridized carbons (Fsp3) is 0.556. The Kier molecular flexibility index (Phi) is 4.28. The minimum atomic E-state index is -0.0362. The van der Waals surface area contributed by atoms with E-state index < -0.39 is 0 Å². The lowest BCUT2D eigenvalue weighted by Crippen LogP contribution is -2.38. The van der Waals surface area contributed by atoms with Gasteiger partial charge in [-0.3, -0.25) is 4.79 Å². The van der Waals surface area contributed by atoms with Crippen molar-refractivity contribution in [1.29, 1.82) is 0 Å². The molecule has 0 amide bonds. The van der Waals surface area contributed by atoms with Gasteiger partial charge < -0.3 is 4.90 Å². The second-order valence-electron chi connectivity index (χ2n) is 6.72. The average molecular weight is 325 g/mol. The molecule has 2 aromatic heterocycles. The molecule has 0 spiro atoms. The molecule has 1 unspecified atom stereocenters. The third-order valence-corrected chi connectivity index (χ3v) is 5.17. The Labute approximate surface area is 141 Å². The van der Waals surface area contributed by atoms with Gasteiger partial charge in [-0.2, -0.15) is 5.10 Å². The summed E-state index contributed by atoms with van der Waals surface area (Å²) >= 11 is 0. The van der Waals surface area contributed by atoms with Crippen LogP contribution in [0, 0.1) is 0 Å². The number of aryl methyl sites for hydroxylation is 1. The van der Waals surface area contributed by atoms with Crippen LogP contribution in [0.25, 0.3) is 0 Å². The third kappa shape index (κ3) is 2.92. The maximum absolute atomic E-state index is 12.0. The smallest absolute Gasteiger partial charge is 0.266 e. The standard InChI is InChI=1S/C18H23N5O/c24-17-9-4-10-21-23(17)12-14-6-5-11-22(14)18-15-7-2-1-3-8-16(15)19-13-20-18/h4,9-10,13-14H,1-3,5-8,11-12H2. The highest BCUT2D eigenvalue weighted by atomic mass is 16.1. The molecule has 0 aromatic carbocycles. The zero-order chi connectivity index (χ0) is 16.4. The van der Waals surface area contributed by atoms with Gasteiger partial charge in [-0.25, -0.2) is 14.6 Å². The second kappa shape index (κ2) is 6.71. The summed E-state index contributed by atoms with van der Waals surface area (Å²) in [7, 11) is 0. The summed E-state index contributed by atoms with van der Waals surface area (Å²) in [6.07, 6.45) is 11.4. The number of nitrogens with zero attached hydrogens (tertiary/aromatic N) is 5. The Morgan fingerprint density at radius 2 is 2.04 bits per heavy atom. The lowest BCUT2D eigenvalue weighted by molar-refractivity contribution is 0.486. The summed E-state index contributed by atoms with van der Waals surface area (Å²) in [4.78, 5) is 23.5. The summed E-state index contributed by atoms with van der Waals surface area (Å²) in [5.74, 6) is 1.09. The first kappa shape index (κ1) is 15.3. The van der Waals surface area contributed by atoms with E-state index in [-0.39, 0.29) is 11.6 Å². The maximum atomic E-state index is 12.0. The third-order valence-electron chi connectivity index (χ3n) is 5.17. The molecule has 0 radical (unpaired) electrons. The Bertz CT molecular complexity index is 772. The Morgan fingerprint density at radius 1 is 1.12 bits per heavy atom. The van der Waals surface area contributed by atoms with E-state index >= 15 is 0 Å². The highest BCUT2D eigenvalue weighted by Gasteiger charge is 2.29. The Morgan fingerprint density at radius 3 is 2.96 bits per heavy atom. The van der Waals surface area contributed by atoms with Crippen LogP contribution in [0.3, 0.4) is 0 Å². The van der Waals surface area contributed by atoms with E-state index in [1.165, 1.54) is 30.5 Å². The van der Waals surface area contributed by atoms with E-state index in [1.54, 1.807) is 29.3 Å². The van der Waals surface area contributed by atoms with Gasteiger partial charge >= 0.3 is 0 Å². The summed E-state index contributed by atoms with van der Waals surface area (Å²) in [6, 6.07) is 3.54. The molecule has 1 aliphatic carbocycles. The summed E-state index contributed by atoms with van der Waals surface area (Å²) in [6.45, 7) is 1.62. The number of fused-ring (bicyclic) bond motifs is 1. The molecule has 0 bridgehead atoms. The van der Waals surface area contributed by atoms with E-state index in [4.69, 9.17) is 0 Å². The molecule has 1 saturated heterocycles. The number of aromatic nitrogens is 4. The van der Waals surface area contributed by atoms with Crippen LogP contribution in [-0.4, -0.2) is 32.3 Å². The number of anilines is 1. The van der Waals surface area contributed by atoms with Crippen molar-refractivity contribution >= 4 is 5.82 Å². The fourth-order valence-corrected chi connectivity index (χ4v) is 3.96. The van der Waals surface area contributed by atoms with Crippen LogP contribution in [0.5, 0.6) is 0 Å². The van der Waals surface area contributed by atoms with Crippen LogP contribution in [0.1, 0.15) is 43.4 Å². The van der Waals surface area contributed by atoms with Crippen molar-refractivity contribution in [3.05, 3.63) is 46.3 Å². The molecule has 24 heavy (non-hydrogen) atoms. The van der Waals surface area contributed by atoms with Crippen molar-refractivity contribution in [3.8, 4) is 0 Å². The van der Waals surface area contributed by atoms with E-state index in [2.05, 4.69) is 20.0 Å². The molecule has 0 N–H and O–H groups in total. The van der Waals surface area contributed by atoms with Crippen LogP contribution in [0.4, 0.5) is 5.82 Å². The first-order valence-electron chi connectivity index (χ1n) is 8.94. The van der Waals surface area contributed by atoms with Gasteiger partial charge in [0.05, 0.1) is 12.6 Å². The zero-order valence-corrected chi connectivity index (χ0v) is 13.9. The SMILES string of the molecule is O=c1cccnn1CC1CCCN1c1ncnc2c1CCCCC2. The lowest BCUT2D eigenvalue weighted by Gasteiger charge is -2.28. The van der Waals surface area contributed by atoms with Gasteiger partial charge in [0.25, 0.3) is 5.56 Å². The molecule has 4 rings (SSSR count). The molecule has 3 heterocycles. The largest absolute Gasteiger partial charge is 0.351 e. The summed E-state index contributed by atoms with van der Waals surface area (Å²) in [5, 5.41) is 4.22. The van der Waals surface area contributed by atoms with Gasteiger partial charge in [0.2, 0.25) is 0 Å². The van der Waals surface area contributed by atoms with Crippen LogP contribution >= 0.6 is 0 Å². The summed E-state index contributed by atoms with van der Waals surface area (Å²) < 4.78 is 1.57. The second-order valence-corrected chi connectivity index (χ2v) is 6.72. The van der Waals surface area contributed by atoms with Gasteiger partial charge in [-0.05, 0) is 44.6 Å². The van der Waals surface area contributed by atoms with E-state index in [0.29, 0.717) is 6.54 Å². The molecule has 2 aliphatic rings. The van der Waals surface area contributed by atoms with Crippen LogP contribution in [-0.2, 0) is 19.4 Å². The lowest BCUT2D eigenvalue weighted by atomic mass is 10.1. The predicted molar refractivity (Wildman–Crippen MR) is 92.2 cm³/mol. The van der Waals surface area contributed by atoms with Gasteiger partial charge in [0.15, 0.2) is 0 Å². The number of hydrogen-bond acceptors (Lipinski definition) is 5. The normalized spacial score (nSPS) is 20.7. The van der Waals surface area contributed by atoms with E-state index in [1.807, 2.05) is 0 Å². The molecule has 126 valence electrons. The average Bonchev–Trinajstić information content (AvgIpc) is 2.91. The number of rotatable bonds is 3. The van der Waals surface area contributed by atoms with Crippen molar-refractivity contribution in [3.63, 3.8) is 0 Å². The van der Waals surface area contributed by atoms with Crippen molar-refractivity contribution in [2.24, 2.45) is 0 Å². The zero-order valence-electron chi connectivity index (χ0n) is 13.9. The summed E-state index contributed by atoms with van der Waals surface area (Å²) in [5.41, 5.74) is 2.51. The first-order chi connectivity index (χ1) is 11.8. The maximum Gasteiger partial charge on any atom is 0.266 e. The van der Waals surface area contributed by atoms with E-state index in [0.717, 1.165) is 38.0 Å². The van der Waals surface area contributed by atoms with Crippen LogP contribution in [0.2, 0.25) is 0 Å². The van der Waals surface area contributed by atoms with Gasteiger partial charge in [0.1, 0.15) is 12.1 Å². The molecule has 0 saturated carbocycles. The van der Waals surface area contributed by atoms with Gasteiger partial charge in [0, 0.05) is 30.1 Å². The molecule has 6 nitrogen and oxygen atoms in total. The molecular formula is C18H23N5O. The molecule has 2 aromatic rings. The van der Waals surface area contributed by atoms with E-state index in [9.17, 15) is 4.79 Å². The quantitative estimate of drug-likeness (QED) is 0.807. The topological polar surface area (TPSA) is 63.9 Å². The van der Waals surface area contributed by atoms with Crippen LogP contribution in [0.15, 0.2) is 29.5 Å². The molecule has 1 aliphatic heterocycles. The minimum absolute atomic E-state index is 0.0362. The van der Waals surface area contributed by atoms with Crippen molar-refractivity contribution in [1.82, 2.24) is 19.7 Å². The Hall–Kier alpha value is -2.24. The first-order valence-corrected chi connectivity index (χ1v) is 8.94. The predicted octanol–water partition coefficient (Wildman–Crippen LogP) is 1.97. The number of hydrogen-bond donors (Lipinski definition) is 0. The van der Waals surface area contributed by atoms with Gasteiger partial charge in [-0.15, -0.1) is 0 Å². The highest BCUT2D eigenvalue weighted by molar-refractivity contribution is 5.50. The Balaban J connectivity index is 1.64.